The van der Waals surface area contributed by atoms with E-state index in [0.717, 1.165) is 26.1 Å². The third-order valence-corrected chi connectivity index (χ3v) is 4.77. The number of benzene rings is 2. The van der Waals surface area contributed by atoms with Gasteiger partial charge in [-0.3, -0.25) is 4.79 Å². The second-order valence-corrected chi connectivity index (χ2v) is 6.77. The van der Waals surface area contributed by atoms with Gasteiger partial charge >= 0.3 is 5.97 Å². The summed E-state index contributed by atoms with van der Waals surface area (Å²) < 4.78 is 10.4. The maximum absolute atomic E-state index is 12.8. The highest BCUT2D eigenvalue weighted by atomic mass is 16.5. The number of para-hydroxylation sites is 1. The highest BCUT2D eigenvalue weighted by molar-refractivity contribution is 6.03. The van der Waals surface area contributed by atoms with Gasteiger partial charge in [-0.1, -0.05) is 36.4 Å². The summed E-state index contributed by atoms with van der Waals surface area (Å²) in [5, 5.41) is 7.07. The van der Waals surface area contributed by atoms with Gasteiger partial charge in [-0.25, -0.2) is 14.8 Å². The Morgan fingerprint density at radius 2 is 1.79 bits per heavy atom. The van der Waals surface area contributed by atoms with Crippen molar-refractivity contribution >= 4 is 17.6 Å². The van der Waals surface area contributed by atoms with Crippen LogP contribution in [0.5, 0.6) is 5.75 Å². The highest BCUT2D eigenvalue weighted by Gasteiger charge is 2.25. The van der Waals surface area contributed by atoms with Gasteiger partial charge in [-0.15, -0.1) is 0 Å². The van der Waals surface area contributed by atoms with E-state index in [9.17, 15) is 9.59 Å². The topological polar surface area (TPSA) is 71.1 Å². The van der Waals surface area contributed by atoms with E-state index in [-0.39, 0.29) is 24.6 Å². The zero-order chi connectivity index (χ0) is 20.6. The molecule has 154 valence electrons. The molecule has 7 heteroatoms. The Morgan fingerprint density at radius 1 is 1.03 bits per heavy atom. The average molecular weight is 397 g/mol. The van der Waals surface area contributed by atoms with Gasteiger partial charge in [0.2, 0.25) is 5.91 Å². The monoisotopic (exact) mass is 397 g/mol. The van der Waals surface area contributed by atoms with Crippen LogP contribution in [0.1, 0.15) is 29.3 Å². The highest BCUT2D eigenvalue weighted by Crippen LogP contribution is 2.29. The number of ether oxygens (including phenoxy) is 2. The number of carbonyl (C=O) groups excluding carboxylic acids is 2. The van der Waals surface area contributed by atoms with Gasteiger partial charge in [0, 0.05) is 19.6 Å². The molecule has 1 aliphatic rings. The van der Waals surface area contributed by atoms with E-state index in [0.29, 0.717) is 11.4 Å². The summed E-state index contributed by atoms with van der Waals surface area (Å²) in [6, 6.07) is 15.2. The van der Waals surface area contributed by atoms with E-state index in [1.54, 1.807) is 25.1 Å². The SMILES string of the molecule is CCOC(=O)c1cccc(OC)c1NC(=O)CN1CCCN1Cc1ccccc1. The van der Waals surface area contributed by atoms with Crippen LogP contribution in [-0.4, -0.2) is 55.2 Å². The Kier molecular flexibility index (Phi) is 7.21. The summed E-state index contributed by atoms with van der Waals surface area (Å²) in [5.74, 6) is -0.278. The lowest BCUT2D eigenvalue weighted by atomic mass is 10.1. The Bertz CT molecular complexity index is 841. The first-order valence-electron chi connectivity index (χ1n) is 9.80. The van der Waals surface area contributed by atoms with Crippen LogP contribution < -0.4 is 10.1 Å². The molecule has 1 amide bonds. The Morgan fingerprint density at radius 3 is 2.52 bits per heavy atom. The number of esters is 1. The molecule has 0 saturated carbocycles. The molecule has 2 aromatic carbocycles. The van der Waals surface area contributed by atoms with Crippen LogP contribution in [0.25, 0.3) is 0 Å². The van der Waals surface area contributed by atoms with E-state index in [2.05, 4.69) is 22.5 Å². The predicted molar refractivity (Wildman–Crippen MR) is 111 cm³/mol. The van der Waals surface area contributed by atoms with Crippen molar-refractivity contribution < 1.29 is 19.1 Å². The molecule has 29 heavy (non-hydrogen) atoms. The molecule has 0 bridgehead atoms. The zero-order valence-electron chi connectivity index (χ0n) is 16.9. The van der Waals surface area contributed by atoms with Crippen molar-refractivity contribution in [2.24, 2.45) is 0 Å². The molecular weight excluding hydrogens is 370 g/mol. The van der Waals surface area contributed by atoms with E-state index in [1.807, 2.05) is 23.2 Å². The van der Waals surface area contributed by atoms with Gasteiger partial charge in [0.05, 0.1) is 31.5 Å². The second-order valence-electron chi connectivity index (χ2n) is 6.77. The van der Waals surface area contributed by atoms with Crippen LogP contribution in [-0.2, 0) is 16.1 Å². The molecule has 0 aliphatic carbocycles. The number of nitrogens with zero attached hydrogens (tertiary/aromatic N) is 2. The summed E-state index contributed by atoms with van der Waals surface area (Å²) in [5.41, 5.74) is 1.82. The molecule has 1 saturated heterocycles. The maximum Gasteiger partial charge on any atom is 0.340 e. The molecule has 3 rings (SSSR count). The van der Waals surface area contributed by atoms with Crippen LogP contribution in [0.4, 0.5) is 5.69 Å². The smallest absolute Gasteiger partial charge is 0.340 e. The van der Waals surface area contributed by atoms with Gasteiger partial charge < -0.3 is 14.8 Å². The maximum atomic E-state index is 12.8. The molecule has 1 heterocycles. The normalized spacial score (nSPS) is 14.6. The van der Waals surface area contributed by atoms with Crippen LogP contribution in [0, 0.1) is 0 Å². The number of hydrazine groups is 1. The molecule has 1 aliphatic heterocycles. The number of hydrogen-bond acceptors (Lipinski definition) is 6. The summed E-state index contributed by atoms with van der Waals surface area (Å²) >= 11 is 0. The standard InChI is InChI=1S/C22H27N3O4/c1-3-29-22(27)18-11-7-12-19(28-2)21(18)23-20(26)16-25-14-8-13-24(25)15-17-9-5-4-6-10-17/h4-7,9-12H,3,8,13-16H2,1-2H3,(H,23,26). The molecule has 0 spiro atoms. The van der Waals surface area contributed by atoms with Gasteiger partial charge in [0.25, 0.3) is 0 Å². The van der Waals surface area contributed by atoms with Crippen molar-refractivity contribution in [3.63, 3.8) is 0 Å². The fraction of sp³-hybridized carbons (Fsp3) is 0.364. The summed E-state index contributed by atoms with van der Waals surface area (Å²) in [6.45, 7) is 4.68. The minimum Gasteiger partial charge on any atom is -0.495 e. The lowest BCUT2D eigenvalue weighted by molar-refractivity contribution is -0.121. The van der Waals surface area contributed by atoms with Crippen LogP contribution in [0.3, 0.4) is 0 Å². The Balaban J connectivity index is 1.69. The first kappa shape index (κ1) is 20.8. The largest absolute Gasteiger partial charge is 0.495 e. The van der Waals surface area contributed by atoms with Crippen molar-refractivity contribution in [1.82, 2.24) is 10.0 Å². The number of hydrogen-bond donors (Lipinski definition) is 1. The van der Waals surface area contributed by atoms with Gasteiger partial charge in [0.1, 0.15) is 5.75 Å². The van der Waals surface area contributed by atoms with Gasteiger partial charge in [-0.05, 0) is 31.0 Å². The van der Waals surface area contributed by atoms with E-state index in [4.69, 9.17) is 9.47 Å². The fourth-order valence-corrected chi connectivity index (χ4v) is 3.42. The first-order valence-corrected chi connectivity index (χ1v) is 9.80. The Hall–Kier alpha value is -2.90. The minimum atomic E-state index is -0.492. The minimum absolute atomic E-state index is 0.202. The lowest BCUT2D eigenvalue weighted by Gasteiger charge is -2.27. The molecule has 1 fully saturated rings. The quantitative estimate of drug-likeness (QED) is 0.691. The molecule has 2 aromatic rings. The van der Waals surface area contributed by atoms with Crippen molar-refractivity contribution in [2.45, 2.75) is 19.9 Å². The average Bonchev–Trinajstić information content (AvgIpc) is 3.15. The zero-order valence-corrected chi connectivity index (χ0v) is 16.9. The van der Waals surface area contributed by atoms with Crippen molar-refractivity contribution in [3.8, 4) is 5.75 Å². The van der Waals surface area contributed by atoms with Crippen molar-refractivity contribution in [3.05, 3.63) is 59.7 Å². The van der Waals surface area contributed by atoms with Crippen LogP contribution in [0.15, 0.2) is 48.5 Å². The van der Waals surface area contributed by atoms with E-state index >= 15 is 0 Å². The van der Waals surface area contributed by atoms with Crippen LogP contribution >= 0.6 is 0 Å². The number of methoxy groups -OCH3 is 1. The summed E-state index contributed by atoms with van der Waals surface area (Å²) in [4.78, 5) is 25.0. The number of nitrogens with one attached hydrogen (secondary N) is 1. The summed E-state index contributed by atoms with van der Waals surface area (Å²) in [7, 11) is 1.50. The van der Waals surface area contributed by atoms with Crippen LogP contribution in [0.2, 0.25) is 0 Å². The Labute approximate surface area is 171 Å². The fourth-order valence-electron chi connectivity index (χ4n) is 3.42. The second kappa shape index (κ2) is 10.0. The third-order valence-electron chi connectivity index (χ3n) is 4.77. The first-order chi connectivity index (χ1) is 14.1. The molecule has 1 N–H and O–H groups in total. The number of carbonyl (C=O) groups is 2. The molecular formula is C22H27N3O4. The summed E-state index contributed by atoms with van der Waals surface area (Å²) in [6.07, 6.45) is 1.00. The van der Waals surface area contributed by atoms with Gasteiger partial charge in [0.15, 0.2) is 0 Å². The molecule has 0 aromatic heterocycles. The number of amides is 1. The predicted octanol–water partition coefficient (Wildman–Crippen LogP) is 2.93. The van der Waals surface area contributed by atoms with E-state index in [1.165, 1.54) is 12.7 Å². The molecule has 7 nitrogen and oxygen atoms in total. The third kappa shape index (κ3) is 5.34. The molecule has 0 radical (unpaired) electrons. The molecule has 0 unspecified atom stereocenters. The van der Waals surface area contributed by atoms with Gasteiger partial charge in [-0.2, -0.15) is 0 Å². The number of rotatable bonds is 8. The number of anilines is 1. The van der Waals surface area contributed by atoms with E-state index < -0.39 is 5.97 Å². The van der Waals surface area contributed by atoms with Crippen molar-refractivity contribution in [2.75, 3.05) is 38.7 Å². The van der Waals surface area contributed by atoms with Crippen molar-refractivity contribution in [1.29, 1.82) is 0 Å². The molecule has 0 atom stereocenters. The lowest BCUT2D eigenvalue weighted by Crippen LogP contribution is -2.41.